The quantitative estimate of drug-likeness (QED) is 0.406. The summed E-state index contributed by atoms with van der Waals surface area (Å²) in [4.78, 5) is 17.2. The molecular formula is C23H17ClF3N3O2. The minimum Gasteiger partial charge on any atom is -0.451 e. The van der Waals surface area contributed by atoms with Crippen molar-refractivity contribution < 1.29 is 22.4 Å². The second-order valence-corrected chi connectivity index (χ2v) is 7.53. The zero-order chi connectivity index (χ0) is 22.9. The molecule has 32 heavy (non-hydrogen) atoms. The summed E-state index contributed by atoms with van der Waals surface area (Å²) in [5, 5.41) is 3.42. The molecule has 2 aromatic heterocycles. The monoisotopic (exact) mass is 459 g/mol. The van der Waals surface area contributed by atoms with Crippen LogP contribution in [-0.2, 0) is 13.2 Å². The zero-order valence-electron chi connectivity index (χ0n) is 16.7. The first-order valence-corrected chi connectivity index (χ1v) is 9.91. The average Bonchev–Trinajstić information content (AvgIpc) is 3.42. The Kier molecular flexibility index (Phi) is 5.80. The van der Waals surface area contributed by atoms with Crippen molar-refractivity contribution in [2.24, 2.45) is 7.05 Å². The highest BCUT2D eigenvalue weighted by Gasteiger charge is 2.31. The number of benzene rings is 2. The van der Waals surface area contributed by atoms with Crippen LogP contribution in [0.4, 0.5) is 13.2 Å². The molecule has 0 unspecified atom stereocenters. The smallest absolute Gasteiger partial charge is 0.416 e. The Balaban J connectivity index is 1.61. The number of nitrogens with zero attached hydrogens (tertiary/aromatic N) is 2. The molecule has 0 saturated carbocycles. The molecule has 2 heterocycles. The van der Waals surface area contributed by atoms with Gasteiger partial charge in [0.2, 0.25) is 0 Å². The Morgan fingerprint density at radius 3 is 2.53 bits per heavy atom. The van der Waals surface area contributed by atoms with E-state index in [1.807, 2.05) is 0 Å². The van der Waals surface area contributed by atoms with Crippen LogP contribution < -0.4 is 5.32 Å². The summed E-state index contributed by atoms with van der Waals surface area (Å²) in [6, 6.07) is 14.0. The van der Waals surface area contributed by atoms with Crippen molar-refractivity contribution in [3.63, 3.8) is 0 Å². The summed E-state index contributed by atoms with van der Waals surface area (Å²) in [7, 11) is 1.80. The first kappa shape index (κ1) is 21.7. The molecule has 0 fully saturated rings. The number of imidazole rings is 1. The lowest BCUT2D eigenvalue weighted by atomic mass is 10.1. The number of carbonyl (C=O) groups is 1. The van der Waals surface area contributed by atoms with Gasteiger partial charge in [0.15, 0.2) is 5.76 Å². The summed E-state index contributed by atoms with van der Waals surface area (Å²) in [5.74, 6) is 0.170. The standard InChI is InChI=1S/C23H17ClF3N3O2/c1-30-12-11-28-21(30)20(14-5-7-17(24)8-6-14)29-22(31)19-10-9-18(32-19)15-3-2-4-16(13-15)23(25,26)27/h2-13,20H,1H3,(H,29,31)/t20-/m0/s1. The normalized spacial score (nSPS) is 12.5. The van der Waals surface area contributed by atoms with Crippen molar-refractivity contribution >= 4 is 17.5 Å². The number of carbonyl (C=O) groups excluding carboxylic acids is 1. The van der Waals surface area contributed by atoms with E-state index >= 15 is 0 Å². The van der Waals surface area contributed by atoms with Crippen molar-refractivity contribution in [1.82, 2.24) is 14.9 Å². The van der Waals surface area contributed by atoms with Crippen LogP contribution >= 0.6 is 11.6 Å². The fourth-order valence-electron chi connectivity index (χ4n) is 3.27. The molecule has 0 aliphatic rings. The van der Waals surface area contributed by atoms with Gasteiger partial charge in [0.05, 0.1) is 5.56 Å². The highest BCUT2D eigenvalue weighted by molar-refractivity contribution is 6.30. The number of hydrogen-bond donors (Lipinski definition) is 1. The minimum atomic E-state index is -4.48. The molecule has 9 heteroatoms. The maximum absolute atomic E-state index is 13.0. The van der Waals surface area contributed by atoms with Crippen molar-refractivity contribution in [1.29, 1.82) is 0 Å². The lowest BCUT2D eigenvalue weighted by Gasteiger charge is -2.18. The Morgan fingerprint density at radius 2 is 1.88 bits per heavy atom. The van der Waals surface area contributed by atoms with E-state index in [0.29, 0.717) is 10.8 Å². The van der Waals surface area contributed by atoms with Gasteiger partial charge >= 0.3 is 6.18 Å². The highest BCUT2D eigenvalue weighted by Crippen LogP contribution is 2.33. The van der Waals surface area contributed by atoms with Gasteiger partial charge in [0.1, 0.15) is 17.6 Å². The van der Waals surface area contributed by atoms with Crippen LogP contribution in [0.25, 0.3) is 11.3 Å². The first-order chi connectivity index (χ1) is 15.2. The second-order valence-electron chi connectivity index (χ2n) is 7.10. The number of nitrogens with one attached hydrogen (secondary N) is 1. The SMILES string of the molecule is Cn1ccnc1[C@@H](NC(=O)c1ccc(-c2cccc(C(F)(F)F)c2)o1)c1ccc(Cl)cc1. The fraction of sp³-hybridized carbons (Fsp3) is 0.130. The van der Waals surface area contributed by atoms with Gasteiger partial charge in [-0.1, -0.05) is 35.9 Å². The van der Waals surface area contributed by atoms with Gasteiger partial charge in [-0.3, -0.25) is 4.79 Å². The predicted octanol–water partition coefficient (Wildman–Crippen LogP) is 5.87. The first-order valence-electron chi connectivity index (χ1n) is 9.53. The van der Waals surface area contributed by atoms with Crippen LogP contribution in [-0.4, -0.2) is 15.5 Å². The van der Waals surface area contributed by atoms with Crippen molar-refractivity contribution in [2.75, 3.05) is 0 Å². The van der Waals surface area contributed by atoms with Crippen LogP contribution in [0.15, 0.2) is 77.5 Å². The molecule has 0 spiro atoms. The number of rotatable bonds is 5. The van der Waals surface area contributed by atoms with Crippen molar-refractivity contribution in [2.45, 2.75) is 12.2 Å². The average molecular weight is 460 g/mol. The van der Waals surface area contributed by atoms with Gasteiger partial charge < -0.3 is 14.3 Å². The van der Waals surface area contributed by atoms with E-state index in [2.05, 4.69) is 10.3 Å². The zero-order valence-corrected chi connectivity index (χ0v) is 17.5. The fourth-order valence-corrected chi connectivity index (χ4v) is 3.40. The highest BCUT2D eigenvalue weighted by atomic mass is 35.5. The molecule has 0 bridgehead atoms. The third kappa shape index (κ3) is 4.55. The number of alkyl halides is 3. The summed E-state index contributed by atoms with van der Waals surface area (Å²) in [6.07, 6.45) is -1.11. The van der Waals surface area contributed by atoms with Crippen LogP contribution in [0.3, 0.4) is 0 Å². The van der Waals surface area contributed by atoms with Crippen LogP contribution in [0.2, 0.25) is 5.02 Å². The van der Waals surface area contributed by atoms with Gasteiger partial charge in [-0.15, -0.1) is 0 Å². The van der Waals surface area contributed by atoms with Crippen LogP contribution in [0, 0.1) is 0 Å². The summed E-state index contributed by atoms with van der Waals surface area (Å²) < 4.78 is 46.4. The minimum absolute atomic E-state index is 0.0365. The number of amides is 1. The van der Waals surface area contributed by atoms with E-state index in [-0.39, 0.29) is 17.1 Å². The molecule has 164 valence electrons. The second kappa shape index (κ2) is 8.55. The van der Waals surface area contributed by atoms with Gasteiger partial charge in [0.25, 0.3) is 5.91 Å². The number of aryl methyl sites for hydroxylation is 1. The Hall–Kier alpha value is -3.52. The van der Waals surface area contributed by atoms with Crippen molar-refractivity contribution in [3.8, 4) is 11.3 Å². The molecule has 1 N–H and O–H groups in total. The summed E-state index contributed by atoms with van der Waals surface area (Å²) in [6.45, 7) is 0. The van der Waals surface area contributed by atoms with E-state index in [9.17, 15) is 18.0 Å². The van der Waals surface area contributed by atoms with Crippen LogP contribution in [0.5, 0.6) is 0 Å². The van der Waals surface area contributed by atoms with E-state index in [1.165, 1.54) is 24.3 Å². The summed E-state index contributed by atoms with van der Waals surface area (Å²) >= 11 is 5.98. The lowest BCUT2D eigenvalue weighted by Crippen LogP contribution is -2.30. The molecule has 5 nitrogen and oxygen atoms in total. The maximum Gasteiger partial charge on any atom is 0.416 e. The molecular weight excluding hydrogens is 443 g/mol. The molecule has 2 aromatic carbocycles. The third-order valence-electron chi connectivity index (χ3n) is 4.90. The molecule has 4 aromatic rings. The molecule has 1 atom stereocenters. The van der Waals surface area contributed by atoms with E-state index in [0.717, 1.165) is 17.7 Å². The number of furan rings is 1. The lowest BCUT2D eigenvalue weighted by molar-refractivity contribution is -0.137. The molecule has 0 aliphatic heterocycles. The van der Waals surface area contributed by atoms with E-state index in [1.54, 1.807) is 48.3 Å². The maximum atomic E-state index is 13.0. The molecule has 0 radical (unpaired) electrons. The molecule has 4 rings (SSSR count). The Labute approximate surface area is 186 Å². The Morgan fingerprint density at radius 1 is 1.12 bits per heavy atom. The number of halogens is 4. The number of hydrogen-bond acceptors (Lipinski definition) is 3. The number of aromatic nitrogens is 2. The topological polar surface area (TPSA) is 60.1 Å². The van der Waals surface area contributed by atoms with Gasteiger partial charge in [-0.2, -0.15) is 13.2 Å². The Bertz CT molecular complexity index is 1250. The largest absolute Gasteiger partial charge is 0.451 e. The predicted molar refractivity (Wildman–Crippen MR) is 113 cm³/mol. The third-order valence-corrected chi connectivity index (χ3v) is 5.15. The van der Waals surface area contributed by atoms with Gasteiger partial charge in [-0.05, 0) is 42.0 Å². The van der Waals surface area contributed by atoms with Crippen LogP contribution in [0.1, 0.15) is 33.5 Å². The van der Waals surface area contributed by atoms with Crippen molar-refractivity contribution in [3.05, 3.63) is 101 Å². The van der Waals surface area contributed by atoms with Gasteiger partial charge in [-0.25, -0.2) is 4.98 Å². The van der Waals surface area contributed by atoms with E-state index in [4.69, 9.17) is 16.0 Å². The molecule has 1 amide bonds. The molecule has 0 saturated heterocycles. The van der Waals surface area contributed by atoms with E-state index < -0.39 is 23.7 Å². The molecule has 0 aliphatic carbocycles. The van der Waals surface area contributed by atoms with Gasteiger partial charge in [0, 0.05) is 30.0 Å². The summed E-state index contributed by atoms with van der Waals surface area (Å²) in [5.41, 5.74) is 0.175.